The van der Waals surface area contributed by atoms with E-state index in [1.807, 2.05) is 67.5 Å². The van der Waals surface area contributed by atoms with E-state index in [0.717, 1.165) is 11.1 Å². The highest BCUT2D eigenvalue weighted by Gasteiger charge is 2.63. The fourth-order valence-corrected chi connectivity index (χ4v) is 4.19. The van der Waals surface area contributed by atoms with E-state index < -0.39 is 5.41 Å². The van der Waals surface area contributed by atoms with Crippen LogP contribution < -0.4 is 0 Å². The van der Waals surface area contributed by atoms with Crippen LogP contribution in [0, 0.1) is 5.41 Å². The number of hydrogen-bond donors (Lipinski definition) is 0. The normalized spacial score (nSPS) is 25.3. The van der Waals surface area contributed by atoms with Crippen LogP contribution >= 0.6 is 0 Å². The van der Waals surface area contributed by atoms with Crippen molar-refractivity contribution in [1.29, 1.82) is 0 Å². The standard InChI is InChI=1S/C19H17NO2/c1-20(2)11-19-16(12-7-3-5-9-14(12)17(19)21)13-8-4-6-10-15(13)18(19)22/h3-10,16H,11H2,1-2H3. The quantitative estimate of drug-likeness (QED) is 0.798. The van der Waals surface area contributed by atoms with Gasteiger partial charge in [0.05, 0.1) is 0 Å². The van der Waals surface area contributed by atoms with Gasteiger partial charge in [0, 0.05) is 23.6 Å². The molecule has 22 heavy (non-hydrogen) atoms. The number of rotatable bonds is 2. The zero-order valence-electron chi connectivity index (χ0n) is 12.7. The Morgan fingerprint density at radius 2 is 1.32 bits per heavy atom. The summed E-state index contributed by atoms with van der Waals surface area (Å²) in [7, 11) is 3.83. The van der Waals surface area contributed by atoms with Crippen LogP contribution in [0.3, 0.4) is 0 Å². The summed E-state index contributed by atoms with van der Waals surface area (Å²) in [5.74, 6) is -0.201. The highest BCUT2D eigenvalue weighted by Crippen LogP contribution is 2.57. The molecule has 0 fully saturated rings. The smallest absolute Gasteiger partial charge is 0.179 e. The summed E-state index contributed by atoms with van der Waals surface area (Å²) in [4.78, 5) is 28.3. The molecule has 0 amide bonds. The zero-order chi connectivity index (χ0) is 15.5. The largest absolute Gasteiger partial charge is 0.308 e. The molecule has 3 heteroatoms. The van der Waals surface area contributed by atoms with Crippen molar-refractivity contribution < 1.29 is 9.59 Å². The summed E-state index contributed by atoms with van der Waals surface area (Å²) >= 11 is 0. The number of carbonyl (C=O) groups excluding carboxylic acids is 2. The van der Waals surface area contributed by atoms with Crippen LogP contribution in [0.15, 0.2) is 48.5 Å². The highest BCUT2D eigenvalue weighted by atomic mass is 16.2. The molecule has 0 radical (unpaired) electrons. The summed E-state index contributed by atoms with van der Waals surface area (Å²) in [6, 6.07) is 15.3. The number of fused-ring (bicyclic) bond motifs is 5. The van der Waals surface area contributed by atoms with Crippen LogP contribution in [-0.2, 0) is 0 Å². The van der Waals surface area contributed by atoms with Gasteiger partial charge >= 0.3 is 0 Å². The van der Waals surface area contributed by atoms with Gasteiger partial charge in [0.15, 0.2) is 11.6 Å². The van der Waals surface area contributed by atoms with Gasteiger partial charge in [-0.05, 0) is 25.2 Å². The van der Waals surface area contributed by atoms with Gasteiger partial charge in [-0.1, -0.05) is 48.5 Å². The monoisotopic (exact) mass is 291 g/mol. The molecule has 0 heterocycles. The van der Waals surface area contributed by atoms with Gasteiger partial charge in [-0.25, -0.2) is 0 Å². The minimum absolute atomic E-state index is 0.0250. The van der Waals surface area contributed by atoms with Crippen molar-refractivity contribution in [2.24, 2.45) is 5.41 Å². The Kier molecular flexibility index (Phi) is 2.66. The molecule has 4 rings (SSSR count). The van der Waals surface area contributed by atoms with E-state index in [1.54, 1.807) is 0 Å². The predicted octanol–water partition coefficient (Wildman–Crippen LogP) is 2.76. The summed E-state index contributed by atoms with van der Waals surface area (Å²) in [6.45, 7) is 0.443. The molecular formula is C19H17NO2. The van der Waals surface area contributed by atoms with Gasteiger partial charge in [0.2, 0.25) is 0 Å². The summed E-state index contributed by atoms with van der Waals surface area (Å²) in [5, 5.41) is 0. The molecule has 0 aliphatic heterocycles. The molecule has 0 bridgehead atoms. The molecule has 0 spiro atoms. The number of ketones is 2. The van der Waals surface area contributed by atoms with Gasteiger partial charge in [-0.2, -0.15) is 0 Å². The topological polar surface area (TPSA) is 37.4 Å². The van der Waals surface area contributed by atoms with E-state index in [0.29, 0.717) is 17.7 Å². The van der Waals surface area contributed by atoms with Crippen molar-refractivity contribution in [3.8, 4) is 0 Å². The molecule has 2 aliphatic rings. The molecule has 2 aromatic rings. The summed E-state index contributed by atoms with van der Waals surface area (Å²) in [5.41, 5.74) is 2.41. The van der Waals surface area contributed by atoms with Gasteiger partial charge in [-0.3, -0.25) is 9.59 Å². The Labute approximate surface area is 129 Å². The Balaban J connectivity index is 2.04. The van der Waals surface area contributed by atoms with E-state index in [4.69, 9.17) is 0 Å². The van der Waals surface area contributed by atoms with Crippen molar-refractivity contribution in [1.82, 2.24) is 4.90 Å². The second-order valence-corrected chi connectivity index (χ2v) is 6.47. The Morgan fingerprint density at radius 1 is 0.864 bits per heavy atom. The van der Waals surface area contributed by atoms with Crippen molar-refractivity contribution in [2.45, 2.75) is 5.92 Å². The fourth-order valence-electron chi connectivity index (χ4n) is 4.19. The van der Waals surface area contributed by atoms with E-state index in [-0.39, 0.29) is 17.5 Å². The van der Waals surface area contributed by atoms with E-state index in [1.165, 1.54) is 0 Å². The van der Waals surface area contributed by atoms with Crippen LogP contribution in [0.1, 0.15) is 37.8 Å². The Bertz CT molecular complexity index is 747. The Morgan fingerprint density at radius 3 is 1.77 bits per heavy atom. The summed E-state index contributed by atoms with van der Waals surface area (Å²) in [6.07, 6.45) is 0. The third-order valence-electron chi connectivity index (χ3n) is 4.90. The minimum atomic E-state index is -0.989. The second kappa shape index (κ2) is 4.37. The first-order valence-corrected chi connectivity index (χ1v) is 7.49. The van der Waals surface area contributed by atoms with Gasteiger partial charge < -0.3 is 4.90 Å². The highest BCUT2D eigenvalue weighted by molar-refractivity contribution is 6.26. The lowest BCUT2D eigenvalue weighted by Crippen LogP contribution is -2.44. The zero-order valence-corrected chi connectivity index (χ0v) is 12.7. The third kappa shape index (κ3) is 1.44. The Hall–Kier alpha value is -2.26. The van der Waals surface area contributed by atoms with Crippen LogP contribution in [-0.4, -0.2) is 37.1 Å². The van der Waals surface area contributed by atoms with E-state index in [2.05, 4.69) is 0 Å². The number of benzene rings is 2. The maximum absolute atomic E-state index is 13.2. The number of nitrogens with zero attached hydrogens (tertiary/aromatic N) is 1. The average molecular weight is 291 g/mol. The first-order valence-electron chi connectivity index (χ1n) is 7.49. The maximum Gasteiger partial charge on any atom is 0.179 e. The molecule has 110 valence electrons. The van der Waals surface area contributed by atoms with Crippen molar-refractivity contribution >= 4 is 11.6 Å². The molecule has 0 saturated heterocycles. The second-order valence-electron chi connectivity index (χ2n) is 6.47. The molecule has 3 nitrogen and oxygen atoms in total. The predicted molar refractivity (Wildman–Crippen MR) is 84.4 cm³/mol. The molecule has 0 N–H and O–H groups in total. The molecule has 0 saturated carbocycles. The van der Waals surface area contributed by atoms with Crippen LogP contribution in [0.5, 0.6) is 0 Å². The van der Waals surface area contributed by atoms with Gasteiger partial charge in [-0.15, -0.1) is 0 Å². The average Bonchev–Trinajstić information content (AvgIpc) is 2.90. The van der Waals surface area contributed by atoms with Gasteiger partial charge in [0.25, 0.3) is 0 Å². The molecule has 2 aliphatic carbocycles. The van der Waals surface area contributed by atoms with Crippen LogP contribution in [0.4, 0.5) is 0 Å². The minimum Gasteiger partial charge on any atom is -0.308 e. The van der Waals surface area contributed by atoms with Crippen molar-refractivity contribution in [2.75, 3.05) is 20.6 Å². The lowest BCUT2D eigenvalue weighted by atomic mass is 9.75. The lowest BCUT2D eigenvalue weighted by molar-refractivity contribution is 0.0637. The molecule has 0 unspecified atom stereocenters. The van der Waals surface area contributed by atoms with Crippen LogP contribution in [0.25, 0.3) is 0 Å². The maximum atomic E-state index is 13.2. The van der Waals surface area contributed by atoms with Crippen molar-refractivity contribution in [3.63, 3.8) is 0 Å². The molecular weight excluding hydrogens is 274 g/mol. The first-order chi connectivity index (χ1) is 10.6. The van der Waals surface area contributed by atoms with Gasteiger partial charge in [0.1, 0.15) is 5.41 Å². The fraction of sp³-hybridized carbons (Fsp3) is 0.263. The molecule has 2 aromatic carbocycles. The number of Topliss-reactive ketones (excluding diaryl/α,β-unsaturated/α-hetero) is 2. The third-order valence-corrected chi connectivity index (χ3v) is 4.90. The SMILES string of the molecule is CN(C)CC12C(=O)c3ccccc3C1c1ccccc1C2=O. The van der Waals surface area contributed by atoms with Crippen LogP contribution in [0.2, 0.25) is 0 Å². The molecule has 0 atom stereocenters. The summed E-state index contributed by atoms with van der Waals surface area (Å²) < 4.78 is 0. The lowest BCUT2D eigenvalue weighted by Gasteiger charge is -2.29. The van der Waals surface area contributed by atoms with E-state index >= 15 is 0 Å². The van der Waals surface area contributed by atoms with E-state index in [9.17, 15) is 9.59 Å². The number of carbonyl (C=O) groups is 2. The number of hydrogen-bond acceptors (Lipinski definition) is 3. The molecule has 0 aromatic heterocycles. The van der Waals surface area contributed by atoms with Crippen molar-refractivity contribution in [3.05, 3.63) is 70.8 Å². The first kappa shape index (κ1) is 13.4.